The second-order valence-corrected chi connectivity index (χ2v) is 2.69. The van der Waals surface area contributed by atoms with Crippen molar-refractivity contribution in [3.63, 3.8) is 0 Å². The number of rotatable bonds is 2. The van der Waals surface area contributed by atoms with Gasteiger partial charge in [-0.1, -0.05) is 26.0 Å². The molecule has 0 aliphatic carbocycles. The molecule has 0 radical (unpaired) electrons. The molecule has 0 bridgehead atoms. The van der Waals surface area contributed by atoms with E-state index in [9.17, 15) is 0 Å². The highest BCUT2D eigenvalue weighted by Crippen LogP contribution is 2.13. The minimum atomic E-state index is 0.189. The molecule has 0 rings (SSSR count). The fourth-order valence-corrected chi connectivity index (χ4v) is 0.519. The number of hydrogen-bond acceptors (Lipinski definition) is 1. The van der Waals surface area contributed by atoms with Crippen LogP contribution in [-0.2, 0) is 0 Å². The molecular formula is C7H15N. The van der Waals surface area contributed by atoms with E-state index in [1.54, 1.807) is 0 Å². The molecule has 0 spiro atoms. The van der Waals surface area contributed by atoms with Gasteiger partial charge in [-0.2, -0.15) is 0 Å². The summed E-state index contributed by atoms with van der Waals surface area (Å²) in [4.78, 5) is 0. The van der Waals surface area contributed by atoms with Gasteiger partial charge in [0.2, 0.25) is 0 Å². The summed E-state index contributed by atoms with van der Waals surface area (Å²) in [7, 11) is 0. The monoisotopic (exact) mass is 113 g/mol. The molecule has 0 saturated carbocycles. The van der Waals surface area contributed by atoms with Crippen molar-refractivity contribution in [1.29, 1.82) is 0 Å². The summed E-state index contributed by atoms with van der Waals surface area (Å²) < 4.78 is 0. The molecule has 1 heteroatoms. The van der Waals surface area contributed by atoms with Crippen LogP contribution in [0.2, 0.25) is 0 Å². The van der Waals surface area contributed by atoms with Gasteiger partial charge in [-0.25, -0.2) is 0 Å². The molecular weight excluding hydrogens is 98.1 g/mol. The Labute approximate surface area is 51.6 Å². The van der Waals surface area contributed by atoms with E-state index >= 15 is 0 Å². The van der Waals surface area contributed by atoms with Crippen LogP contribution in [0.1, 0.15) is 20.8 Å². The van der Waals surface area contributed by atoms with Gasteiger partial charge in [0.25, 0.3) is 0 Å². The van der Waals surface area contributed by atoms with Crippen LogP contribution < -0.4 is 5.73 Å². The summed E-state index contributed by atoms with van der Waals surface area (Å²) in [5.74, 6) is 0. The maximum Gasteiger partial charge on any atom is 0.000886 e. The largest absolute Gasteiger partial charge is 0.330 e. The molecule has 48 valence electrons. The molecule has 0 fully saturated rings. The Hall–Kier alpha value is -0.300. The van der Waals surface area contributed by atoms with Crippen molar-refractivity contribution < 1.29 is 0 Å². The average molecular weight is 113 g/mol. The number of allylic oxidation sites excluding steroid dienone is 1. The van der Waals surface area contributed by atoms with Crippen molar-refractivity contribution in [2.45, 2.75) is 20.8 Å². The molecule has 8 heavy (non-hydrogen) atoms. The molecule has 0 aromatic heterocycles. The highest BCUT2D eigenvalue weighted by Gasteiger charge is 2.08. The van der Waals surface area contributed by atoms with Gasteiger partial charge in [-0.05, 0) is 12.3 Å². The van der Waals surface area contributed by atoms with Gasteiger partial charge in [-0.15, -0.1) is 0 Å². The molecule has 0 aliphatic heterocycles. The van der Waals surface area contributed by atoms with E-state index < -0.39 is 0 Å². The summed E-state index contributed by atoms with van der Waals surface area (Å²) >= 11 is 0. The van der Waals surface area contributed by atoms with Crippen molar-refractivity contribution in [3.05, 3.63) is 12.2 Å². The molecule has 0 aliphatic rings. The van der Waals surface area contributed by atoms with Gasteiger partial charge in [0.05, 0.1) is 0 Å². The summed E-state index contributed by atoms with van der Waals surface area (Å²) in [6.07, 6.45) is 4.15. The highest BCUT2D eigenvalue weighted by molar-refractivity contribution is 4.92. The lowest BCUT2D eigenvalue weighted by atomic mass is 9.94. The van der Waals surface area contributed by atoms with Crippen LogP contribution in [0.3, 0.4) is 0 Å². The normalized spacial score (nSPS) is 13.0. The average Bonchev–Trinajstić information content (AvgIpc) is 1.67. The summed E-state index contributed by atoms with van der Waals surface area (Å²) in [6.45, 7) is 6.97. The zero-order valence-electron chi connectivity index (χ0n) is 5.94. The second-order valence-electron chi connectivity index (χ2n) is 2.69. The lowest BCUT2D eigenvalue weighted by Gasteiger charge is -2.15. The molecule has 0 aromatic carbocycles. The van der Waals surface area contributed by atoms with E-state index in [-0.39, 0.29) is 5.41 Å². The van der Waals surface area contributed by atoms with E-state index in [1.165, 1.54) is 0 Å². The van der Waals surface area contributed by atoms with Crippen LogP contribution in [0.25, 0.3) is 0 Å². The standard InChI is InChI=1S/C7H15N/c1-4-5-7(2,3)6-8/h4-5H,6,8H2,1-3H3. The van der Waals surface area contributed by atoms with Gasteiger partial charge >= 0.3 is 0 Å². The van der Waals surface area contributed by atoms with Crippen LogP contribution in [0, 0.1) is 5.41 Å². The van der Waals surface area contributed by atoms with Crippen LogP contribution >= 0.6 is 0 Å². The summed E-state index contributed by atoms with van der Waals surface area (Å²) in [5.41, 5.74) is 5.63. The van der Waals surface area contributed by atoms with E-state index in [2.05, 4.69) is 19.9 Å². The van der Waals surface area contributed by atoms with E-state index in [0.29, 0.717) is 0 Å². The quantitative estimate of drug-likeness (QED) is 0.540. The lowest BCUT2D eigenvalue weighted by Crippen LogP contribution is -2.20. The fraction of sp³-hybridized carbons (Fsp3) is 0.714. The Balaban J connectivity index is 3.71. The van der Waals surface area contributed by atoms with Crippen LogP contribution in [0.15, 0.2) is 12.2 Å². The van der Waals surface area contributed by atoms with E-state index in [4.69, 9.17) is 5.73 Å². The first-order chi connectivity index (χ1) is 3.62. The number of hydrogen-bond donors (Lipinski definition) is 1. The van der Waals surface area contributed by atoms with Crippen molar-refractivity contribution in [3.8, 4) is 0 Å². The molecule has 1 nitrogen and oxygen atoms in total. The maximum absolute atomic E-state index is 5.44. The Kier molecular flexibility index (Phi) is 2.77. The van der Waals surface area contributed by atoms with Gasteiger partial charge in [0.1, 0.15) is 0 Å². The molecule has 0 saturated heterocycles. The van der Waals surface area contributed by atoms with Gasteiger partial charge in [0.15, 0.2) is 0 Å². The van der Waals surface area contributed by atoms with E-state index in [0.717, 1.165) is 6.54 Å². The fourth-order valence-electron chi connectivity index (χ4n) is 0.519. The van der Waals surface area contributed by atoms with E-state index in [1.807, 2.05) is 13.0 Å². The Morgan fingerprint density at radius 1 is 1.50 bits per heavy atom. The Bertz CT molecular complexity index is 82.4. The third-order valence-corrected chi connectivity index (χ3v) is 1.14. The molecule has 0 amide bonds. The third-order valence-electron chi connectivity index (χ3n) is 1.14. The zero-order chi connectivity index (χ0) is 6.62. The zero-order valence-corrected chi connectivity index (χ0v) is 5.94. The first-order valence-corrected chi connectivity index (χ1v) is 2.96. The maximum atomic E-state index is 5.44. The SMILES string of the molecule is CC=CC(C)(C)CN. The minimum absolute atomic E-state index is 0.189. The van der Waals surface area contributed by atoms with Crippen LogP contribution in [0.4, 0.5) is 0 Å². The van der Waals surface area contributed by atoms with Gasteiger partial charge < -0.3 is 5.73 Å². The van der Waals surface area contributed by atoms with Crippen molar-refractivity contribution in [2.75, 3.05) is 6.54 Å². The molecule has 2 N–H and O–H groups in total. The smallest absolute Gasteiger partial charge is 0.000886 e. The molecule has 0 atom stereocenters. The first kappa shape index (κ1) is 7.70. The third kappa shape index (κ3) is 2.80. The second kappa shape index (κ2) is 2.88. The van der Waals surface area contributed by atoms with Gasteiger partial charge in [0, 0.05) is 6.54 Å². The molecule has 0 unspecified atom stereocenters. The van der Waals surface area contributed by atoms with Crippen molar-refractivity contribution >= 4 is 0 Å². The number of nitrogens with two attached hydrogens (primary N) is 1. The molecule has 0 heterocycles. The first-order valence-electron chi connectivity index (χ1n) is 2.96. The van der Waals surface area contributed by atoms with Crippen molar-refractivity contribution in [1.82, 2.24) is 0 Å². The minimum Gasteiger partial charge on any atom is -0.330 e. The molecule has 0 aromatic rings. The van der Waals surface area contributed by atoms with Crippen LogP contribution in [0.5, 0.6) is 0 Å². The van der Waals surface area contributed by atoms with Crippen LogP contribution in [-0.4, -0.2) is 6.54 Å². The van der Waals surface area contributed by atoms with Gasteiger partial charge in [-0.3, -0.25) is 0 Å². The van der Waals surface area contributed by atoms with Crippen molar-refractivity contribution in [2.24, 2.45) is 11.1 Å². The topological polar surface area (TPSA) is 26.0 Å². The summed E-state index contributed by atoms with van der Waals surface area (Å²) in [6, 6.07) is 0. The Morgan fingerprint density at radius 3 is 2.12 bits per heavy atom. The lowest BCUT2D eigenvalue weighted by molar-refractivity contribution is 0.494. The highest BCUT2D eigenvalue weighted by atomic mass is 14.6. The Morgan fingerprint density at radius 2 is 2.00 bits per heavy atom. The predicted octanol–water partition coefficient (Wildman–Crippen LogP) is 1.55. The summed E-state index contributed by atoms with van der Waals surface area (Å²) in [5, 5.41) is 0. The predicted molar refractivity (Wildman–Crippen MR) is 37.6 cm³/mol.